The molecule has 8 heteroatoms. The summed E-state index contributed by atoms with van der Waals surface area (Å²) in [5, 5.41) is -8.56. The quantitative estimate of drug-likeness (QED) is 0.454. The lowest BCUT2D eigenvalue weighted by atomic mass is 10.2. The van der Waals surface area contributed by atoms with Crippen LogP contribution in [0.2, 0.25) is 0 Å². The second kappa shape index (κ2) is 2.39. The van der Waals surface area contributed by atoms with E-state index in [1.54, 1.807) is 0 Å². The van der Waals surface area contributed by atoms with E-state index in [4.69, 9.17) is 0 Å². The third-order valence-corrected chi connectivity index (χ3v) is 2.78. The summed E-state index contributed by atoms with van der Waals surface area (Å²) in [6.45, 7) is 0. The third-order valence-electron chi connectivity index (χ3n) is 1.76. The molecule has 0 bridgehead atoms. The Hall–Kier alpha value is 0.160. The molecule has 0 unspecified atom stereocenters. The molecule has 0 aliphatic heterocycles. The van der Waals surface area contributed by atoms with Gasteiger partial charge in [0, 0.05) is 0 Å². The van der Waals surface area contributed by atoms with Crippen LogP contribution in [0.1, 0.15) is 6.42 Å². The van der Waals surface area contributed by atoms with Crippen LogP contribution in [-0.2, 0) is 0 Å². The standard InChI is InChI=1S/C5H2Cl2F6/c6-2(8)1-3(9,10)5(12,13)4(2,7)11/h1H2/t2-,4-/m1/s1. The predicted molar refractivity (Wildman–Crippen MR) is 33.9 cm³/mol. The Morgan fingerprint density at radius 3 is 1.31 bits per heavy atom. The van der Waals surface area contributed by atoms with Crippen LogP contribution in [0.4, 0.5) is 26.3 Å². The van der Waals surface area contributed by atoms with Gasteiger partial charge in [0.1, 0.15) is 0 Å². The molecule has 0 saturated heterocycles. The molecule has 0 nitrogen and oxygen atoms in total. The molecule has 2 atom stereocenters. The van der Waals surface area contributed by atoms with Gasteiger partial charge in [-0.3, -0.25) is 0 Å². The summed E-state index contributed by atoms with van der Waals surface area (Å²) >= 11 is 8.83. The van der Waals surface area contributed by atoms with Gasteiger partial charge in [0.2, 0.25) is 5.13 Å². The maximum atomic E-state index is 12.7. The van der Waals surface area contributed by atoms with E-state index >= 15 is 0 Å². The molecule has 1 saturated carbocycles. The Morgan fingerprint density at radius 2 is 1.23 bits per heavy atom. The van der Waals surface area contributed by atoms with E-state index in [9.17, 15) is 26.3 Å². The molecule has 1 fully saturated rings. The van der Waals surface area contributed by atoms with Gasteiger partial charge in [-0.05, 0) is 0 Å². The van der Waals surface area contributed by atoms with Crippen molar-refractivity contribution in [2.24, 2.45) is 0 Å². The van der Waals surface area contributed by atoms with Gasteiger partial charge < -0.3 is 0 Å². The molecule has 1 aliphatic rings. The van der Waals surface area contributed by atoms with E-state index in [0.717, 1.165) is 0 Å². The minimum Gasteiger partial charge on any atom is -0.221 e. The van der Waals surface area contributed by atoms with Crippen LogP contribution in [0.5, 0.6) is 0 Å². The molecule has 78 valence electrons. The van der Waals surface area contributed by atoms with Gasteiger partial charge in [0.05, 0.1) is 6.42 Å². The summed E-state index contributed by atoms with van der Waals surface area (Å²) in [5.74, 6) is -10.2. The van der Waals surface area contributed by atoms with E-state index in [1.165, 1.54) is 0 Å². The first-order valence-corrected chi connectivity index (χ1v) is 3.72. The molecule has 0 N–H and O–H groups in total. The summed E-state index contributed by atoms with van der Waals surface area (Å²) in [6, 6.07) is 0. The lowest BCUT2D eigenvalue weighted by Crippen LogP contribution is -2.49. The zero-order chi connectivity index (χ0) is 10.7. The van der Waals surface area contributed by atoms with Crippen LogP contribution in [0.25, 0.3) is 0 Å². The van der Waals surface area contributed by atoms with E-state index in [-0.39, 0.29) is 0 Å². The first-order chi connectivity index (χ1) is 5.46. The molecule has 0 aromatic carbocycles. The van der Waals surface area contributed by atoms with Gasteiger partial charge in [0.15, 0.2) is 0 Å². The molecule has 13 heavy (non-hydrogen) atoms. The van der Waals surface area contributed by atoms with Gasteiger partial charge in [0.25, 0.3) is 5.13 Å². The summed E-state index contributed by atoms with van der Waals surface area (Å²) in [6.07, 6.45) is -2.16. The SMILES string of the molecule is FC1(F)C[C@](F)(Cl)[C@](F)(Cl)C1(F)F. The van der Waals surface area contributed by atoms with Crippen LogP contribution in [0, 0.1) is 0 Å². The van der Waals surface area contributed by atoms with Crippen LogP contribution in [0.3, 0.4) is 0 Å². The number of hydrogen-bond acceptors (Lipinski definition) is 0. The van der Waals surface area contributed by atoms with Crippen molar-refractivity contribution >= 4 is 23.2 Å². The maximum Gasteiger partial charge on any atom is 0.361 e. The maximum absolute atomic E-state index is 12.7. The molecule has 0 radical (unpaired) electrons. The molecule has 0 aromatic rings. The second-order valence-corrected chi connectivity index (χ2v) is 3.85. The predicted octanol–water partition coefficient (Wildman–Crippen LogP) is 3.47. The number of alkyl halides is 8. The van der Waals surface area contributed by atoms with Gasteiger partial charge in [-0.25, -0.2) is 8.78 Å². The Morgan fingerprint density at radius 1 is 0.846 bits per heavy atom. The first kappa shape index (κ1) is 11.2. The van der Waals surface area contributed by atoms with Crippen LogP contribution < -0.4 is 0 Å². The van der Waals surface area contributed by atoms with Crippen molar-refractivity contribution in [3.8, 4) is 0 Å². The molecule has 1 rings (SSSR count). The topological polar surface area (TPSA) is 0 Å². The highest BCUT2D eigenvalue weighted by Crippen LogP contribution is 2.64. The number of hydrogen-bond donors (Lipinski definition) is 0. The van der Waals surface area contributed by atoms with Crippen molar-refractivity contribution in [3.63, 3.8) is 0 Å². The van der Waals surface area contributed by atoms with Crippen molar-refractivity contribution < 1.29 is 26.3 Å². The first-order valence-electron chi connectivity index (χ1n) is 2.97. The fourth-order valence-corrected chi connectivity index (χ4v) is 1.45. The minimum atomic E-state index is -5.32. The smallest absolute Gasteiger partial charge is 0.221 e. The number of halogens is 8. The van der Waals surface area contributed by atoms with Crippen molar-refractivity contribution in [2.75, 3.05) is 0 Å². The van der Waals surface area contributed by atoms with Gasteiger partial charge >= 0.3 is 11.8 Å². The normalized spacial score (nSPS) is 48.0. The summed E-state index contributed by atoms with van der Waals surface area (Å²) < 4.78 is 74.8. The average Bonchev–Trinajstić information content (AvgIpc) is 1.88. The highest BCUT2D eigenvalue weighted by atomic mass is 35.5. The van der Waals surface area contributed by atoms with E-state index in [2.05, 4.69) is 23.2 Å². The summed E-state index contributed by atoms with van der Waals surface area (Å²) in [4.78, 5) is 0. The Kier molecular flexibility index (Phi) is 2.07. The van der Waals surface area contributed by atoms with Gasteiger partial charge in [-0.1, -0.05) is 23.2 Å². The Bertz CT molecular complexity index is 211. The Balaban J connectivity index is 3.24. The molecule has 0 spiro atoms. The van der Waals surface area contributed by atoms with E-state index < -0.39 is 28.5 Å². The molecular weight excluding hydrogens is 245 g/mol. The lowest BCUT2D eigenvalue weighted by Gasteiger charge is -2.26. The Labute approximate surface area is 78.8 Å². The zero-order valence-electron chi connectivity index (χ0n) is 5.73. The third kappa shape index (κ3) is 1.14. The summed E-state index contributed by atoms with van der Waals surface area (Å²) in [5.41, 5.74) is 0. The fraction of sp³-hybridized carbons (Fsp3) is 1.00. The van der Waals surface area contributed by atoms with Crippen molar-refractivity contribution in [1.82, 2.24) is 0 Å². The van der Waals surface area contributed by atoms with E-state index in [1.807, 2.05) is 0 Å². The van der Waals surface area contributed by atoms with Gasteiger partial charge in [-0.15, -0.1) is 0 Å². The zero-order valence-corrected chi connectivity index (χ0v) is 7.24. The minimum absolute atomic E-state index is 2.16. The van der Waals surface area contributed by atoms with Crippen LogP contribution >= 0.6 is 23.2 Å². The molecule has 1 aliphatic carbocycles. The van der Waals surface area contributed by atoms with Crippen molar-refractivity contribution in [2.45, 2.75) is 28.5 Å². The van der Waals surface area contributed by atoms with Crippen LogP contribution in [-0.4, -0.2) is 22.1 Å². The largest absolute Gasteiger partial charge is 0.361 e. The second-order valence-electron chi connectivity index (χ2n) is 2.73. The highest BCUT2D eigenvalue weighted by molar-refractivity contribution is 6.34. The average molecular weight is 247 g/mol. The molecule has 0 aromatic heterocycles. The monoisotopic (exact) mass is 246 g/mol. The number of rotatable bonds is 0. The van der Waals surface area contributed by atoms with Crippen LogP contribution in [0.15, 0.2) is 0 Å². The lowest BCUT2D eigenvalue weighted by molar-refractivity contribution is -0.218. The van der Waals surface area contributed by atoms with Crippen molar-refractivity contribution in [3.05, 3.63) is 0 Å². The fourth-order valence-electron chi connectivity index (χ4n) is 0.960. The van der Waals surface area contributed by atoms with Crippen molar-refractivity contribution in [1.29, 1.82) is 0 Å². The van der Waals surface area contributed by atoms with E-state index in [0.29, 0.717) is 0 Å². The molecule has 0 heterocycles. The molecular formula is C5H2Cl2F6. The molecule has 0 amide bonds. The van der Waals surface area contributed by atoms with Gasteiger partial charge in [-0.2, -0.15) is 17.6 Å². The highest BCUT2D eigenvalue weighted by Gasteiger charge is 2.85. The summed E-state index contributed by atoms with van der Waals surface area (Å²) in [7, 11) is 0.